The normalized spacial score (nSPS) is 11.8. The molecule has 0 fully saturated rings. The molecule has 0 bridgehead atoms. The number of carboxylic acid groups (broad SMARTS) is 1. The topological polar surface area (TPSA) is 78.4 Å². The van der Waals surface area contributed by atoms with Gasteiger partial charge in [-0.25, -0.2) is 4.79 Å². The summed E-state index contributed by atoms with van der Waals surface area (Å²) in [5.74, 6) is -1.13. The lowest BCUT2D eigenvalue weighted by molar-refractivity contribution is -0.138. The Morgan fingerprint density at radius 2 is 1.94 bits per heavy atom. The van der Waals surface area contributed by atoms with Crippen molar-refractivity contribution in [2.75, 3.05) is 5.32 Å². The molecular weight excluding hydrogens is 279 g/mol. The zero-order chi connectivity index (χ0) is 13.9. The molecule has 1 atom stereocenters. The van der Waals surface area contributed by atoms with E-state index in [2.05, 4.69) is 10.6 Å². The molecule has 0 radical (unpaired) electrons. The van der Waals surface area contributed by atoms with E-state index in [0.29, 0.717) is 5.02 Å². The summed E-state index contributed by atoms with van der Waals surface area (Å²) in [4.78, 5) is 22.1. The molecule has 0 unspecified atom stereocenters. The highest BCUT2D eigenvalue weighted by Gasteiger charge is 2.16. The number of anilines is 1. The second-order valence-electron chi connectivity index (χ2n) is 3.71. The van der Waals surface area contributed by atoms with Crippen LogP contribution in [0.3, 0.4) is 0 Å². The van der Waals surface area contributed by atoms with E-state index in [9.17, 15) is 9.59 Å². The molecule has 0 aliphatic heterocycles. The predicted molar refractivity (Wildman–Crippen MR) is 70.5 cm³/mol. The minimum atomic E-state index is -1.13. The summed E-state index contributed by atoms with van der Waals surface area (Å²) in [5, 5.41) is 13.9. The van der Waals surface area contributed by atoms with Gasteiger partial charge in [-0.3, -0.25) is 4.79 Å². The SMILES string of the molecule is Cc1ccc(Cl)c(NC(=O)N[C@H](C)C(=O)O)c1Cl. The molecule has 1 rings (SSSR count). The number of carboxylic acids is 1. The fourth-order valence-electron chi connectivity index (χ4n) is 1.18. The van der Waals surface area contributed by atoms with Crippen LogP contribution in [0.4, 0.5) is 10.5 Å². The van der Waals surface area contributed by atoms with Crippen LogP contribution in [0.1, 0.15) is 12.5 Å². The maximum absolute atomic E-state index is 11.5. The third-order valence-corrected chi connectivity index (χ3v) is 3.04. The van der Waals surface area contributed by atoms with Gasteiger partial charge in [0.25, 0.3) is 0 Å². The number of nitrogens with one attached hydrogen (secondary N) is 2. The number of rotatable bonds is 3. The third kappa shape index (κ3) is 3.51. The largest absolute Gasteiger partial charge is 0.480 e. The number of hydrogen-bond acceptors (Lipinski definition) is 2. The van der Waals surface area contributed by atoms with E-state index in [4.69, 9.17) is 28.3 Å². The molecule has 0 saturated carbocycles. The molecule has 7 heteroatoms. The molecule has 0 spiro atoms. The summed E-state index contributed by atoms with van der Waals surface area (Å²) in [6.07, 6.45) is 0. The van der Waals surface area contributed by atoms with Crippen molar-refractivity contribution in [3.05, 3.63) is 27.7 Å². The van der Waals surface area contributed by atoms with Crippen LogP contribution < -0.4 is 10.6 Å². The summed E-state index contributed by atoms with van der Waals surface area (Å²) >= 11 is 11.9. The van der Waals surface area contributed by atoms with E-state index in [1.165, 1.54) is 6.92 Å². The third-order valence-electron chi connectivity index (χ3n) is 2.24. The number of carbonyl (C=O) groups excluding carboxylic acids is 1. The van der Waals surface area contributed by atoms with Gasteiger partial charge in [0.1, 0.15) is 6.04 Å². The van der Waals surface area contributed by atoms with Crippen molar-refractivity contribution >= 4 is 40.9 Å². The van der Waals surface area contributed by atoms with E-state index in [1.807, 2.05) is 0 Å². The highest BCUT2D eigenvalue weighted by atomic mass is 35.5. The number of benzene rings is 1. The minimum Gasteiger partial charge on any atom is -0.480 e. The molecule has 0 aromatic heterocycles. The number of hydrogen-bond donors (Lipinski definition) is 3. The highest BCUT2D eigenvalue weighted by Crippen LogP contribution is 2.32. The second kappa shape index (κ2) is 5.93. The van der Waals surface area contributed by atoms with Crippen molar-refractivity contribution < 1.29 is 14.7 Å². The van der Waals surface area contributed by atoms with E-state index in [-0.39, 0.29) is 10.7 Å². The number of aryl methyl sites for hydroxylation is 1. The van der Waals surface area contributed by atoms with Crippen molar-refractivity contribution in [1.29, 1.82) is 0 Å². The molecular formula is C11H12Cl2N2O3. The highest BCUT2D eigenvalue weighted by molar-refractivity contribution is 6.40. The van der Waals surface area contributed by atoms with Crippen LogP contribution >= 0.6 is 23.2 Å². The van der Waals surface area contributed by atoms with Gasteiger partial charge >= 0.3 is 12.0 Å². The Morgan fingerprint density at radius 3 is 2.50 bits per heavy atom. The maximum atomic E-state index is 11.5. The molecule has 0 heterocycles. The number of aliphatic carboxylic acids is 1. The zero-order valence-corrected chi connectivity index (χ0v) is 11.3. The summed E-state index contributed by atoms with van der Waals surface area (Å²) in [6.45, 7) is 3.11. The van der Waals surface area contributed by atoms with Crippen LogP contribution in [0.2, 0.25) is 10.0 Å². The van der Waals surface area contributed by atoms with Crippen LogP contribution in [-0.2, 0) is 4.79 Å². The molecule has 18 heavy (non-hydrogen) atoms. The summed E-state index contributed by atoms with van der Waals surface area (Å²) in [7, 11) is 0. The first-order valence-electron chi connectivity index (χ1n) is 5.08. The fourth-order valence-corrected chi connectivity index (χ4v) is 1.64. The van der Waals surface area contributed by atoms with Crippen molar-refractivity contribution in [2.24, 2.45) is 0 Å². The van der Waals surface area contributed by atoms with Crippen LogP contribution in [0, 0.1) is 6.92 Å². The van der Waals surface area contributed by atoms with Gasteiger partial charge < -0.3 is 15.7 Å². The van der Waals surface area contributed by atoms with Crippen molar-refractivity contribution in [2.45, 2.75) is 19.9 Å². The first kappa shape index (κ1) is 14.6. The summed E-state index contributed by atoms with van der Waals surface area (Å²) < 4.78 is 0. The van der Waals surface area contributed by atoms with E-state index in [1.54, 1.807) is 19.1 Å². The van der Waals surface area contributed by atoms with Gasteiger partial charge in [0, 0.05) is 0 Å². The van der Waals surface area contributed by atoms with Crippen LogP contribution in [0.25, 0.3) is 0 Å². The fraction of sp³-hybridized carbons (Fsp3) is 0.273. The van der Waals surface area contributed by atoms with Gasteiger partial charge in [0.05, 0.1) is 15.7 Å². The monoisotopic (exact) mass is 290 g/mol. The quantitative estimate of drug-likeness (QED) is 0.801. The van der Waals surface area contributed by atoms with Gasteiger partial charge in [-0.2, -0.15) is 0 Å². The molecule has 98 valence electrons. The number of carbonyl (C=O) groups is 2. The number of amides is 2. The molecule has 1 aromatic rings. The maximum Gasteiger partial charge on any atom is 0.325 e. The number of urea groups is 1. The molecule has 2 amide bonds. The summed E-state index contributed by atoms with van der Waals surface area (Å²) in [5.41, 5.74) is 1.01. The zero-order valence-electron chi connectivity index (χ0n) is 9.75. The Hall–Kier alpha value is -1.46. The second-order valence-corrected chi connectivity index (χ2v) is 4.50. The van der Waals surface area contributed by atoms with Gasteiger partial charge in [0.15, 0.2) is 0 Å². The molecule has 0 aliphatic carbocycles. The Bertz CT molecular complexity index is 491. The van der Waals surface area contributed by atoms with E-state index in [0.717, 1.165) is 5.56 Å². The average Bonchev–Trinajstić information content (AvgIpc) is 2.29. The Kier molecular flexibility index (Phi) is 4.81. The van der Waals surface area contributed by atoms with Crippen molar-refractivity contribution in [3.8, 4) is 0 Å². The number of halogens is 2. The van der Waals surface area contributed by atoms with Crippen LogP contribution in [0.5, 0.6) is 0 Å². The molecule has 0 aliphatic rings. The smallest absolute Gasteiger partial charge is 0.325 e. The van der Waals surface area contributed by atoms with Crippen molar-refractivity contribution in [1.82, 2.24) is 5.32 Å². The Balaban J connectivity index is 2.82. The van der Waals surface area contributed by atoms with E-state index >= 15 is 0 Å². The summed E-state index contributed by atoms with van der Waals surface area (Å²) in [6, 6.07) is 1.62. The molecule has 0 saturated heterocycles. The molecule has 5 nitrogen and oxygen atoms in total. The molecule has 3 N–H and O–H groups in total. The van der Waals surface area contributed by atoms with Crippen LogP contribution in [-0.4, -0.2) is 23.1 Å². The Labute approximate surface area is 114 Å². The van der Waals surface area contributed by atoms with Gasteiger partial charge in [0.2, 0.25) is 0 Å². The lowest BCUT2D eigenvalue weighted by Crippen LogP contribution is -2.40. The standard InChI is InChI=1S/C11H12Cl2N2O3/c1-5-3-4-7(12)9(8(5)13)15-11(18)14-6(2)10(16)17/h3-4,6H,1-2H3,(H,16,17)(H2,14,15,18)/t6-/m1/s1. The lowest BCUT2D eigenvalue weighted by Gasteiger charge is -2.13. The average molecular weight is 291 g/mol. The predicted octanol–water partition coefficient (Wildman–Crippen LogP) is 2.90. The van der Waals surface area contributed by atoms with Crippen LogP contribution in [0.15, 0.2) is 12.1 Å². The minimum absolute atomic E-state index is 0.258. The van der Waals surface area contributed by atoms with Gasteiger partial charge in [-0.05, 0) is 25.5 Å². The Morgan fingerprint density at radius 1 is 1.33 bits per heavy atom. The first-order chi connectivity index (χ1) is 8.32. The molecule has 1 aromatic carbocycles. The first-order valence-corrected chi connectivity index (χ1v) is 5.83. The van der Waals surface area contributed by atoms with E-state index < -0.39 is 18.0 Å². The lowest BCUT2D eigenvalue weighted by atomic mass is 10.2. The van der Waals surface area contributed by atoms with Gasteiger partial charge in [-0.1, -0.05) is 29.3 Å². The van der Waals surface area contributed by atoms with Gasteiger partial charge in [-0.15, -0.1) is 0 Å². The van der Waals surface area contributed by atoms with Crippen molar-refractivity contribution in [3.63, 3.8) is 0 Å².